The highest BCUT2D eigenvalue weighted by Gasteiger charge is 2.67. The smallest absolute Gasteiger partial charge is 0.0622 e. The van der Waals surface area contributed by atoms with Crippen molar-refractivity contribution in [1.29, 1.82) is 0 Å². The molecule has 0 aliphatic heterocycles. The minimum atomic E-state index is -2.46. The first-order chi connectivity index (χ1) is 19.8. The Bertz CT molecular complexity index is 1480. The summed E-state index contributed by atoms with van der Waals surface area (Å²) in [4.78, 5) is 0. The molecule has 6 aromatic carbocycles. The predicted octanol–water partition coefficient (Wildman–Crippen LogP) is 8.73. The van der Waals surface area contributed by atoms with Crippen LogP contribution in [0.2, 0.25) is 0 Å². The Balaban J connectivity index is 1.90. The first-order valence-corrected chi connectivity index (χ1v) is 15.8. The van der Waals surface area contributed by atoms with Crippen molar-refractivity contribution in [2.45, 2.75) is 18.0 Å². The molecule has 0 heterocycles. The molecule has 0 bridgehead atoms. The van der Waals surface area contributed by atoms with Crippen molar-refractivity contribution in [3.63, 3.8) is 0 Å². The van der Waals surface area contributed by atoms with Gasteiger partial charge in [-0.1, -0.05) is 153 Å². The largest absolute Gasteiger partial charge is 0.150 e. The van der Waals surface area contributed by atoms with Crippen LogP contribution in [0, 0.1) is 0 Å². The van der Waals surface area contributed by atoms with Crippen LogP contribution in [0.4, 0.5) is 0 Å². The zero-order valence-electron chi connectivity index (χ0n) is 22.8. The van der Waals surface area contributed by atoms with E-state index in [9.17, 15) is 0 Å². The number of hydrogen-bond donors (Lipinski definition) is 0. The Kier molecular flexibility index (Phi) is 7.45. The van der Waals surface area contributed by atoms with Gasteiger partial charge in [0, 0.05) is 17.0 Å². The molecule has 0 amide bonds. The van der Waals surface area contributed by atoms with Gasteiger partial charge in [0.25, 0.3) is 0 Å². The molecule has 194 valence electrons. The third kappa shape index (κ3) is 4.21. The lowest BCUT2D eigenvalue weighted by Crippen LogP contribution is -2.49. The number of rotatable bonds is 8. The molecule has 0 fully saturated rings. The molecule has 0 aliphatic rings. The van der Waals surface area contributed by atoms with E-state index in [-0.39, 0.29) is 5.92 Å². The van der Waals surface area contributed by atoms with E-state index in [2.05, 4.69) is 189 Å². The molecule has 6 aromatic rings. The van der Waals surface area contributed by atoms with Crippen LogP contribution in [0.1, 0.15) is 29.5 Å². The summed E-state index contributed by atoms with van der Waals surface area (Å²) in [5, 5.41) is 3.72. The third-order valence-corrected chi connectivity index (χ3v) is 13.5. The van der Waals surface area contributed by atoms with E-state index in [1.807, 2.05) is 0 Å². The van der Waals surface area contributed by atoms with Gasteiger partial charge in [-0.05, 0) is 42.0 Å². The highest BCUT2D eigenvalue weighted by atomic mass is 31.2. The van der Waals surface area contributed by atoms with Crippen molar-refractivity contribution < 1.29 is 0 Å². The first kappa shape index (κ1) is 26.0. The fourth-order valence-corrected chi connectivity index (χ4v) is 12.5. The summed E-state index contributed by atoms with van der Waals surface area (Å²) in [5.41, 5.74) is 4.01. The van der Waals surface area contributed by atoms with Crippen molar-refractivity contribution in [2.24, 2.45) is 0 Å². The van der Waals surface area contributed by atoms with Crippen LogP contribution < -0.4 is 15.9 Å². The van der Waals surface area contributed by atoms with Gasteiger partial charge < -0.3 is 0 Å². The van der Waals surface area contributed by atoms with E-state index in [0.717, 1.165) is 0 Å². The molecule has 0 saturated carbocycles. The maximum absolute atomic E-state index is 2.46. The van der Waals surface area contributed by atoms with Crippen LogP contribution in [0.5, 0.6) is 0 Å². The van der Waals surface area contributed by atoms with Gasteiger partial charge in [-0.2, -0.15) is 0 Å². The summed E-state index contributed by atoms with van der Waals surface area (Å²) in [7, 11) is -2.46. The van der Waals surface area contributed by atoms with Gasteiger partial charge in [-0.3, -0.25) is 0 Å². The third-order valence-electron chi connectivity index (χ3n) is 8.31. The Morgan fingerprint density at radius 1 is 0.375 bits per heavy atom. The second-order valence-corrected chi connectivity index (χ2v) is 13.9. The molecule has 0 nitrogen and oxygen atoms in total. The Morgan fingerprint density at radius 2 is 0.650 bits per heavy atom. The van der Waals surface area contributed by atoms with Crippen molar-refractivity contribution >= 4 is 23.2 Å². The van der Waals surface area contributed by atoms with Crippen molar-refractivity contribution in [3.05, 3.63) is 199 Å². The normalized spacial score (nSPS) is 12.5. The van der Waals surface area contributed by atoms with Gasteiger partial charge in [0.05, 0.1) is 0 Å². The molecule has 40 heavy (non-hydrogen) atoms. The molecule has 1 atom stereocenters. The average Bonchev–Trinajstić information content (AvgIpc) is 3.06. The molecule has 0 N–H and O–H groups in total. The fraction of sp³-hybridized carbons (Fsp3) is 0.0769. The Hall–Kier alpha value is -4.25. The minimum Gasteiger partial charge on any atom is -0.0622 e. The SMILES string of the molecule is CC(c1ccccc1)C(c1ccccc1)(c1ccccc1)[P+](c1ccccc1)(c1ccccc1)c1ccccc1. The monoisotopic (exact) mass is 533 g/mol. The van der Waals surface area contributed by atoms with Gasteiger partial charge in [0.2, 0.25) is 0 Å². The molecule has 0 saturated heterocycles. The van der Waals surface area contributed by atoms with E-state index in [4.69, 9.17) is 0 Å². The molecule has 0 aromatic heterocycles. The summed E-state index contributed by atoms with van der Waals surface area (Å²) in [6.07, 6.45) is 0. The van der Waals surface area contributed by atoms with Crippen LogP contribution in [-0.4, -0.2) is 0 Å². The summed E-state index contributed by atoms with van der Waals surface area (Å²) in [5.74, 6) is 0.146. The summed E-state index contributed by atoms with van der Waals surface area (Å²) in [6.45, 7) is 2.44. The molecular formula is C39H34P+. The van der Waals surface area contributed by atoms with Gasteiger partial charge in [-0.15, -0.1) is 0 Å². The zero-order chi connectivity index (χ0) is 27.3. The van der Waals surface area contributed by atoms with E-state index < -0.39 is 12.4 Å². The quantitative estimate of drug-likeness (QED) is 0.172. The van der Waals surface area contributed by atoms with Gasteiger partial charge in [0.15, 0.2) is 0 Å². The topological polar surface area (TPSA) is 0 Å². The highest BCUT2D eigenvalue weighted by Crippen LogP contribution is 2.76. The summed E-state index contributed by atoms with van der Waals surface area (Å²) in [6, 6.07) is 67.5. The summed E-state index contributed by atoms with van der Waals surface area (Å²) < 4.78 is 0. The van der Waals surface area contributed by atoms with E-state index >= 15 is 0 Å². The van der Waals surface area contributed by atoms with E-state index in [1.54, 1.807) is 0 Å². The Morgan fingerprint density at radius 3 is 0.975 bits per heavy atom. The van der Waals surface area contributed by atoms with Crippen LogP contribution in [0.25, 0.3) is 0 Å². The second kappa shape index (κ2) is 11.5. The molecule has 0 radical (unpaired) electrons. The van der Waals surface area contributed by atoms with Crippen molar-refractivity contribution in [3.8, 4) is 0 Å². The zero-order valence-corrected chi connectivity index (χ0v) is 23.7. The molecule has 6 rings (SSSR count). The fourth-order valence-electron chi connectivity index (χ4n) is 6.72. The lowest BCUT2D eigenvalue weighted by molar-refractivity contribution is 0.592. The predicted molar refractivity (Wildman–Crippen MR) is 174 cm³/mol. The molecule has 0 spiro atoms. The number of hydrogen-bond acceptors (Lipinski definition) is 0. The Labute approximate surface area is 239 Å². The van der Waals surface area contributed by atoms with Crippen molar-refractivity contribution in [2.75, 3.05) is 0 Å². The van der Waals surface area contributed by atoms with Gasteiger partial charge in [-0.25, -0.2) is 0 Å². The van der Waals surface area contributed by atoms with Gasteiger partial charge >= 0.3 is 0 Å². The first-order valence-electron chi connectivity index (χ1n) is 14.0. The minimum absolute atomic E-state index is 0.146. The maximum Gasteiger partial charge on any atom is 0.150 e. The molecular weight excluding hydrogens is 499 g/mol. The molecule has 1 heteroatoms. The van der Waals surface area contributed by atoms with Crippen LogP contribution in [0.3, 0.4) is 0 Å². The summed E-state index contributed by atoms with van der Waals surface area (Å²) >= 11 is 0. The lowest BCUT2D eigenvalue weighted by atomic mass is 9.77. The average molecular weight is 534 g/mol. The second-order valence-electron chi connectivity index (χ2n) is 10.3. The number of benzene rings is 6. The molecule has 0 aliphatic carbocycles. The van der Waals surface area contributed by atoms with Crippen molar-refractivity contribution in [1.82, 2.24) is 0 Å². The standard InChI is InChI=1S/C39H34P/c1-32(33-20-8-2-9-21-33)39(34-22-10-3-11-23-34,35-24-12-4-13-25-35)40(36-26-14-5-15-27-36,37-28-16-6-17-29-37)38-30-18-7-19-31-38/h2-32H,1H3/q+1. The van der Waals surface area contributed by atoms with Crippen LogP contribution >= 0.6 is 7.26 Å². The van der Waals surface area contributed by atoms with Crippen LogP contribution in [0.15, 0.2) is 182 Å². The maximum atomic E-state index is 2.44. The lowest BCUT2D eigenvalue weighted by Gasteiger charge is -2.49. The highest BCUT2D eigenvalue weighted by molar-refractivity contribution is 7.96. The van der Waals surface area contributed by atoms with E-state index in [0.29, 0.717) is 0 Å². The van der Waals surface area contributed by atoms with E-state index in [1.165, 1.54) is 32.6 Å². The van der Waals surface area contributed by atoms with Crippen LogP contribution in [-0.2, 0) is 5.16 Å². The van der Waals surface area contributed by atoms with Gasteiger partial charge in [0.1, 0.15) is 28.3 Å². The molecule has 1 unspecified atom stereocenters.